The highest BCUT2D eigenvalue weighted by molar-refractivity contribution is 7.91. The highest BCUT2D eigenvalue weighted by Crippen LogP contribution is 2.68. The van der Waals surface area contributed by atoms with Gasteiger partial charge in [0.1, 0.15) is 18.2 Å². The molecular formula is C39H34N5O14P3S. The van der Waals surface area contributed by atoms with E-state index in [9.17, 15) is 36.8 Å². The molecule has 23 heteroatoms. The summed E-state index contributed by atoms with van der Waals surface area (Å²) in [6, 6.07) is 33.6. The molecule has 6 aromatic carbocycles. The minimum absolute atomic E-state index is 0.0675. The molecular weight excluding hydrogens is 887 g/mol. The van der Waals surface area contributed by atoms with Gasteiger partial charge in [-0.1, -0.05) is 84.9 Å². The van der Waals surface area contributed by atoms with Crippen LogP contribution in [0.5, 0.6) is 5.75 Å². The molecule has 6 atom stereocenters. The number of hydrogen-bond acceptors (Lipinski definition) is 15. The van der Waals surface area contributed by atoms with Gasteiger partial charge in [-0.25, -0.2) is 37.1 Å². The highest BCUT2D eigenvalue weighted by atomic mass is 32.2. The Kier molecular flexibility index (Phi) is 11.2. The first-order valence-corrected chi connectivity index (χ1v) is 24.8. The third-order valence-corrected chi connectivity index (χ3v) is 16.0. The van der Waals surface area contributed by atoms with Gasteiger partial charge in [0.2, 0.25) is 0 Å². The van der Waals surface area contributed by atoms with Crippen molar-refractivity contribution in [2.75, 3.05) is 24.3 Å². The molecule has 4 unspecified atom stereocenters. The SMILES string of the molecule is O=P(O)(OCCS(=O)(=O)c1ccc2ccc3cccc4ccc1c2c34)OP(=O)(O)OP(=O)(O)OC1CO[C@@H](n2cnc3c(Nc4ccccc4)ncnc32)[C@H]1Oc1ccccc1. The number of benzene rings is 6. The number of sulfone groups is 1. The summed E-state index contributed by atoms with van der Waals surface area (Å²) < 4.78 is 98.4. The molecule has 0 radical (unpaired) electrons. The minimum Gasteiger partial charge on any atom is -0.483 e. The van der Waals surface area contributed by atoms with E-state index in [1.165, 1.54) is 23.3 Å². The Morgan fingerprint density at radius 3 is 2.15 bits per heavy atom. The van der Waals surface area contributed by atoms with E-state index in [2.05, 4.69) is 28.9 Å². The summed E-state index contributed by atoms with van der Waals surface area (Å²) in [6.45, 7) is -1.42. The highest BCUT2D eigenvalue weighted by Gasteiger charge is 2.49. The molecule has 1 aliphatic heterocycles. The second-order valence-electron chi connectivity index (χ2n) is 13.9. The van der Waals surface area contributed by atoms with Gasteiger partial charge < -0.3 is 29.5 Å². The molecule has 320 valence electrons. The number of anilines is 2. The van der Waals surface area contributed by atoms with Crippen molar-refractivity contribution in [1.82, 2.24) is 19.5 Å². The molecule has 0 saturated carbocycles. The molecule has 9 rings (SSSR count). The van der Waals surface area contributed by atoms with Gasteiger partial charge >= 0.3 is 23.5 Å². The Labute approximate surface area is 351 Å². The zero-order chi connectivity index (χ0) is 43.3. The quantitative estimate of drug-likeness (QED) is 0.0536. The van der Waals surface area contributed by atoms with Crippen LogP contribution in [0.2, 0.25) is 0 Å². The van der Waals surface area contributed by atoms with Gasteiger partial charge in [0.25, 0.3) is 0 Å². The first-order valence-electron chi connectivity index (χ1n) is 18.6. The van der Waals surface area contributed by atoms with Gasteiger partial charge in [-0.3, -0.25) is 13.6 Å². The van der Waals surface area contributed by atoms with Crippen molar-refractivity contribution in [3.8, 4) is 5.75 Å². The molecule has 0 spiro atoms. The van der Waals surface area contributed by atoms with E-state index in [0.717, 1.165) is 32.6 Å². The van der Waals surface area contributed by atoms with Crippen LogP contribution in [-0.4, -0.2) is 73.8 Å². The predicted octanol–water partition coefficient (Wildman–Crippen LogP) is 7.65. The topological polar surface area (TPSA) is 257 Å². The van der Waals surface area contributed by atoms with Crippen molar-refractivity contribution in [1.29, 1.82) is 0 Å². The molecule has 4 N–H and O–H groups in total. The van der Waals surface area contributed by atoms with Crippen LogP contribution in [0.3, 0.4) is 0 Å². The minimum atomic E-state index is -5.96. The fourth-order valence-corrected chi connectivity index (χ4v) is 12.4. The molecule has 1 aliphatic rings. The molecule has 8 aromatic rings. The molecule has 0 bridgehead atoms. The number of phosphoric ester groups is 2. The average molecular weight is 922 g/mol. The fourth-order valence-electron chi connectivity index (χ4n) is 7.32. The van der Waals surface area contributed by atoms with E-state index in [1.54, 1.807) is 48.5 Å². The Morgan fingerprint density at radius 1 is 0.742 bits per heavy atom. The third-order valence-electron chi connectivity index (χ3n) is 9.88. The molecule has 1 saturated heterocycles. The summed E-state index contributed by atoms with van der Waals surface area (Å²) in [7, 11) is -21.5. The van der Waals surface area contributed by atoms with E-state index >= 15 is 0 Å². The van der Waals surface area contributed by atoms with Crippen LogP contribution >= 0.6 is 23.5 Å². The molecule has 0 aliphatic carbocycles. The van der Waals surface area contributed by atoms with E-state index in [-0.39, 0.29) is 16.3 Å². The molecule has 3 heterocycles. The van der Waals surface area contributed by atoms with Crippen LogP contribution in [0.15, 0.2) is 133 Å². The van der Waals surface area contributed by atoms with Gasteiger partial charge in [-0.05, 0) is 57.3 Å². The van der Waals surface area contributed by atoms with Crippen molar-refractivity contribution >= 4 is 88.3 Å². The zero-order valence-corrected chi connectivity index (χ0v) is 35.3. The first kappa shape index (κ1) is 42.1. The lowest BCUT2D eigenvalue weighted by atomic mass is 9.94. The summed E-state index contributed by atoms with van der Waals surface area (Å²) >= 11 is 0. The summed E-state index contributed by atoms with van der Waals surface area (Å²) in [5.74, 6) is -0.192. The lowest BCUT2D eigenvalue weighted by Crippen LogP contribution is -2.35. The molecule has 19 nitrogen and oxygen atoms in total. The van der Waals surface area contributed by atoms with Crippen molar-refractivity contribution in [3.63, 3.8) is 0 Å². The second-order valence-corrected chi connectivity index (χ2v) is 20.6. The number of hydrogen-bond donors (Lipinski definition) is 4. The molecule has 0 amide bonds. The van der Waals surface area contributed by atoms with Gasteiger partial charge in [-0.15, -0.1) is 0 Å². The smallest absolute Gasteiger partial charge is 0.483 e. The normalized spacial score (nSPS) is 20.0. The number of fused-ring (bicyclic) bond motifs is 1. The van der Waals surface area contributed by atoms with Crippen LogP contribution in [0, 0.1) is 0 Å². The number of aromatic nitrogens is 4. The number of rotatable bonds is 16. The number of imidazole rings is 1. The number of para-hydroxylation sites is 2. The standard InChI is InChI=1S/C39H34N5O14P3S/c45-59(46,54-20-21-62(51,52)32-19-17-27-15-14-25-8-7-9-26-16-18-30(32)34(27)33(25)26)57-61(49,50)58-60(47,48)56-31-22-53-39(36(31)55-29-12-5-2-6-13-29)44-24-42-35-37(40-23-41-38(35)44)43-28-10-3-1-4-11-28/h1-19,23-24,31,36,39H,20-22H2,(H,45,46)(H,47,48)(H,49,50)(H,40,41,43)/t31?,36-,39+/m0/s1. The number of nitrogens with zero attached hydrogens (tertiary/aromatic N) is 4. The Morgan fingerprint density at radius 2 is 1.40 bits per heavy atom. The fraction of sp³-hybridized carbons (Fsp3) is 0.154. The van der Waals surface area contributed by atoms with Crippen molar-refractivity contribution in [2.45, 2.75) is 23.3 Å². The van der Waals surface area contributed by atoms with Crippen LogP contribution in [-0.2, 0) is 45.9 Å². The van der Waals surface area contributed by atoms with Crippen molar-refractivity contribution in [3.05, 3.63) is 128 Å². The van der Waals surface area contributed by atoms with Crippen LogP contribution in [0.25, 0.3) is 43.5 Å². The Balaban J connectivity index is 0.876. The largest absolute Gasteiger partial charge is 0.490 e. The van der Waals surface area contributed by atoms with E-state index in [4.69, 9.17) is 18.5 Å². The zero-order valence-electron chi connectivity index (χ0n) is 31.8. The second kappa shape index (κ2) is 16.5. The van der Waals surface area contributed by atoms with Gasteiger partial charge in [0, 0.05) is 11.1 Å². The number of ether oxygens (including phenoxy) is 2. The summed E-state index contributed by atoms with van der Waals surface area (Å²) in [5, 5.41) is 7.83. The van der Waals surface area contributed by atoms with Gasteiger partial charge in [-0.2, -0.15) is 8.62 Å². The van der Waals surface area contributed by atoms with Gasteiger partial charge in [0.15, 0.2) is 39.2 Å². The maximum Gasteiger partial charge on any atom is 0.490 e. The maximum absolute atomic E-state index is 13.5. The maximum atomic E-state index is 13.5. The monoisotopic (exact) mass is 921 g/mol. The van der Waals surface area contributed by atoms with E-state index < -0.39 is 70.7 Å². The summed E-state index contributed by atoms with van der Waals surface area (Å²) in [4.78, 5) is 44.4. The number of nitrogens with one attached hydrogen (secondary N) is 1. The Bertz CT molecular complexity index is 3190. The van der Waals surface area contributed by atoms with E-state index in [0.29, 0.717) is 16.7 Å². The summed E-state index contributed by atoms with van der Waals surface area (Å²) in [5.41, 5.74) is 1.36. The van der Waals surface area contributed by atoms with Crippen LogP contribution < -0.4 is 10.1 Å². The molecule has 62 heavy (non-hydrogen) atoms. The molecule has 1 fully saturated rings. The van der Waals surface area contributed by atoms with Gasteiger partial charge in [0.05, 0.1) is 30.2 Å². The lowest BCUT2D eigenvalue weighted by molar-refractivity contribution is -0.00264. The third kappa shape index (κ3) is 8.74. The van der Waals surface area contributed by atoms with Crippen molar-refractivity contribution < 1.29 is 63.9 Å². The molecule has 2 aromatic heterocycles. The van der Waals surface area contributed by atoms with Crippen molar-refractivity contribution in [2.24, 2.45) is 0 Å². The lowest BCUT2D eigenvalue weighted by Gasteiger charge is -2.26. The number of phosphoric acid groups is 3. The predicted molar refractivity (Wildman–Crippen MR) is 226 cm³/mol. The summed E-state index contributed by atoms with van der Waals surface area (Å²) in [6.07, 6.45) is -1.18. The average Bonchev–Trinajstić information content (AvgIpc) is 3.83. The van der Waals surface area contributed by atoms with Crippen LogP contribution in [0.1, 0.15) is 6.23 Å². The van der Waals surface area contributed by atoms with Crippen LogP contribution in [0.4, 0.5) is 11.5 Å². The Hall–Kier alpha value is -5.17. The first-order chi connectivity index (χ1) is 29.7. The van der Waals surface area contributed by atoms with E-state index in [1.807, 2.05) is 60.7 Å².